The average Bonchev–Trinajstić information content (AvgIpc) is 1.57. The van der Waals surface area contributed by atoms with Crippen LogP contribution in [-0.4, -0.2) is 185 Å². The summed E-state index contributed by atoms with van der Waals surface area (Å²) in [4.78, 5) is 82.9. The normalized spacial score (nSPS) is 24.7. The summed E-state index contributed by atoms with van der Waals surface area (Å²) in [6.07, 6.45) is 4.27. The first-order valence-corrected chi connectivity index (χ1v) is 38.9. The standard InChI is InChI=1S/C28H34NO8PSi.C22H32N4O8S2.C9H17N3O4S2/c1-7-18-33-28(31)25-26(19(2)24-23(27(30)29(24)25)20(3)37-39(4,5)6)36-38(32,34-21-14-10-8-11-15-21)35-22-16-12-9-13-17-22;1-5-7-33-21(29)18-19(12(3)17-16(13(4)27)20(28)26(17)18)35-15-9-14(10-24-36(23,31)32)25(11-15)22(30)34-8-6-2;1-2-3-16-9(13)12-6-8(17)4-7(12)5-11-18(10,14)15/h7-17,19-20,23-24H,1,18H2,2-6H3;5-6,12-17,24,27H,1-2,7-11H2,3-4H3,(H2,23,31,32);2,7-8,11,17H,1,3-6H2,(H2,10,14,15)/t19-,20-,23-,24-;12-,13-,14+,15+,16-,17-;7-,8-/m110/s1. The number of phosphoric acid groups is 1. The Morgan fingerprint density at radius 2 is 1.12 bits per heavy atom. The molecule has 7 N–H and O–H groups in total. The quantitative estimate of drug-likeness (QED) is 0.0117. The molecule has 0 aromatic heterocycles. The summed E-state index contributed by atoms with van der Waals surface area (Å²) in [5.41, 5.74) is 0.0116. The van der Waals surface area contributed by atoms with Crippen LogP contribution in [0.1, 0.15) is 40.5 Å². The number of nitrogens with one attached hydrogen (secondary N) is 2. The fourth-order valence-electron chi connectivity index (χ4n) is 11.4. The van der Waals surface area contributed by atoms with Crippen molar-refractivity contribution in [3.8, 4) is 11.5 Å². The van der Waals surface area contributed by atoms with E-state index in [9.17, 15) is 55.3 Å². The summed E-state index contributed by atoms with van der Waals surface area (Å²) >= 11 is 5.62. The molecule has 512 valence electrons. The first kappa shape index (κ1) is 75.5. The molecule has 6 aliphatic rings. The highest BCUT2D eigenvalue weighted by molar-refractivity contribution is 8.03. The smallest absolute Gasteiger partial charge is 0.457 e. The number of esters is 2. The van der Waals surface area contributed by atoms with Crippen molar-refractivity contribution in [1.82, 2.24) is 29.0 Å². The molecule has 34 heteroatoms. The Kier molecular flexibility index (Phi) is 26.6. The predicted octanol–water partition coefficient (Wildman–Crippen LogP) is 5.48. The minimum atomic E-state index is -4.42. The lowest BCUT2D eigenvalue weighted by Crippen LogP contribution is -2.64. The molecule has 4 fully saturated rings. The topological polar surface area (TPSA) is 371 Å². The molecule has 2 aromatic rings. The number of ether oxygens (including phenoxy) is 4. The Labute approximate surface area is 553 Å². The van der Waals surface area contributed by atoms with Gasteiger partial charge >= 0.3 is 31.9 Å². The van der Waals surface area contributed by atoms with Crippen LogP contribution in [0.4, 0.5) is 9.59 Å². The van der Waals surface area contributed by atoms with Gasteiger partial charge in [-0.2, -0.15) is 34.0 Å². The fourth-order valence-corrected chi connectivity index (χ4v) is 16.9. The molecular formula is C59H83N8O20PS4Si. The monoisotopic (exact) mass is 1410 g/mol. The lowest BCUT2D eigenvalue weighted by atomic mass is 9.79. The third-order valence-corrected chi connectivity index (χ3v) is 20.5. The van der Waals surface area contributed by atoms with E-state index >= 15 is 0 Å². The molecule has 0 spiro atoms. The first-order valence-electron chi connectivity index (χ1n) is 29.5. The van der Waals surface area contributed by atoms with Crippen LogP contribution in [0.3, 0.4) is 0 Å². The number of benzene rings is 2. The van der Waals surface area contributed by atoms with Crippen LogP contribution in [-0.2, 0) is 72.1 Å². The number of nitrogens with two attached hydrogens (primary N) is 2. The molecule has 2 aromatic carbocycles. The van der Waals surface area contributed by atoms with Crippen molar-refractivity contribution in [2.24, 2.45) is 33.9 Å². The van der Waals surface area contributed by atoms with Gasteiger partial charge in [-0.3, -0.25) is 14.5 Å². The van der Waals surface area contributed by atoms with E-state index in [0.717, 1.165) is 0 Å². The molecule has 0 radical (unpaired) electrons. The van der Waals surface area contributed by atoms with Crippen LogP contribution in [0.15, 0.2) is 133 Å². The highest BCUT2D eigenvalue weighted by Crippen LogP contribution is 2.58. The highest BCUT2D eigenvalue weighted by atomic mass is 32.2. The number of likely N-dealkylation sites (tertiary alicyclic amines) is 2. The lowest BCUT2D eigenvalue weighted by Gasteiger charge is -2.48. The Hall–Kier alpha value is -6.49. The third-order valence-electron chi connectivity index (χ3n) is 15.1. The van der Waals surface area contributed by atoms with Gasteiger partial charge in [-0.1, -0.05) is 101 Å². The lowest BCUT2D eigenvalue weighted by molar-refractivity contribution is -0.164. The van der Waals surface area contributed by atoms with Gasteiger partial charge in [0.25, 0.3) is 20.4 Å². The van der Waals surface area contributed by atoms with Gasteiger partial charge in [-0.25, -0.2) is 38.9 Å². The van der Waals surface area contributed by atoms with Crippen LogP contribution in [0.2, 0.25) is 19.6 Å². The van der Waals surface area contributed by atoms with Gasteiger partial charge in [-0.15, -0.1) is 11.8 Å². The van der Waals surface area contributed by atoms with E-state index in [1.807, 2.05) is 33.5 Å². The second-order valence-electron chi connectivity index (χ2n) is 23.2. The minimum absolute atomic E-state index is 0.000288. The maximum Gasteiger partial charge on any atom is 0.646 e. The molecule has 0 unspecified atom stereocenters. The average molecular weight is 1410 g/mol. The molecule has 6 heterocycles. The van der Waals surface area contributed by atoms with Crippen LogP contribution < -0.4 is 28.8 Å². The number of hydrogen-bond donors (Lipinski definition) is 6. The predicted molar refractivity (Wildman–Crippen MR) is 351 cm³/mol. The van der Waals surface area contributed by atoms with Gasteiger partial charge in [0, 0.05) is 65.5 Å². The molecular weight excluding hydrogens is 1330 g/mol. The van der Waals surface area contributed by atoms with Crippen molar-refractivity contribution in [2.45, 2.75) is 107 Å². The number of fused-ring (bicyclic) bond motifs is 2. The zero-order chi connectivity index (χ0) is 68.9. The van der Waals surface area contributed by atoms with E-state index < -0.39 is 96.6 Å². The number of hydrogen-bond acceptors (Lipinski definition) is 22. The molecule has 28 nitrogen and oxygen atoms in total. The zero-order valence-corrected chi connectivity index (χ0v) is 57.9. The SMILES string of the molecule is C=CCOC(=O)C1=C(OP(=O)(Oc2ccccc2)Oc2ccccc2)[C@H](C)[C@@H]2[C@@H]([C@@H](C)O[Si](C)(C)C)C(=O)N12.C=CCOC(=O)C1=C(S[C@H]2C[C@@H](CNS(N)(=O)=O)N(C(=O)OCC=C)C2)[C@H](C)[C@@H]2[C@@H]([C@@H](C)O)C(=O)N12.C=CCOC(=O)N1C[C@@H](S)C[C@H]1CNS(N)(=O)=O. The number of para-hydroxylation sites is 2. The van der Waals surface area contributed by atoms with Crippen molar-refractivity contribution in [2.75, 3.05) is 52.6 Å². The number of thioether (sulfide) groups is 1. The van der Waals surface area contributed by atoms with E-state index in [0.29, 0.717) is 24.3 Å². The summed E-state index contributed by atoms with van der Waals surface area (Å²) < 4.78 is 107. The van der Waals surface area contributed by atoms with Gasteiger partial charge in [0.1, 0.15) is 49.4 Å². The molecule has 0 bridgehead atoms. The summed E-state index contributed by atoms with van der Waals surface area (Å²) in [6, 6.07) is 15.2. The number of nitrogens with zero attached hydrogens (tertiary/aromatic N) is 4. The van der Waals surface area contributed by atoms with Gasteiger partial charge in [0.2, 0.25) is 11.8 Å². The number of phosphoric ester groups is 1. The summed E-state index contributed by atoms with van der Waals surface area (Å²) in [5, 5.41) is 19.8. The number of aliphatic hydroxyl groups is 1. The highest BCUT2D eigenvalue weighted by Gasteiger charge is 2.63. The van der Waals surface area contributed by atoms with E-state index in [4.69, 9.17) is 47.2 Å². The molecule has 4 amide bonds. The number of amides is 4. The Bertz CT molecular complexity index is 3390. The zero-order valence-electron chi connectivity index (χ0n) is 52.7. The van der Waals surface area contributed by atoms with Crippen LogP contribution in [0.5, 0.6) is 11.5 Å². The minimum Gasteiger partial charge on any atom is -0.457 e. The van der Waals surface area contributed by atoms with Crippen LogP contribution in [0, 0.1) is 23.7 Å². The molecule has 0 aliphatic carbocycles. The van der Waals surface area contributed by atoms with E-state index in [-0.39, 0.29) is 121 Å². The summed E-state index contributed by atoms with van der Waals surface area (Å²) in [5.74, 6) is -3.56. The Morgan fingerprint density at radius 1 is 0.688 bits per heavy atom. The van der Waals surface area contributed by atoms with E-state index in [1.54, 1.807) is 74.5 Å². The summed E-state index contributed by atoms with van der Waals surface area (Å²) in [6.45, 7) is 27.9. The van der Waals surface area contributed by atoms with Crippen molar-refractivity contribution >= 4 is 96.9 Å². The van der Waals surface area contributed by atoms with Crippen molar-refractivity contribution < 1.29 is 92.2 Å². The molecule has 93 heavy (non-hydrogen) atoms. The molecule has 6 aliphatic heterocycles. The maximum absolute atomic E-state index is 14.2. The maximum atomic E-state index is 14.2. The van der Waals surface area contributed by atoms with E-state index in [2.05, 4.69) is 48.4 Å². The Morgan fingerprint density at radius 3 is 1.58 bits per heavy atom. The number of aliphatic hydroxyl groups excluding tert-OH is 1. The number of β-lactam (4-membered cyclic amide) rings is 2. The Balaban J connectivity index is 0.000000236. The molecule has 12 atom stereocenters. The fraction of sp³-hybridized carbons (Fsp3) is 0.492. The molecule has 0 saturated carbocycles. The van der Waals surface area contributed by atoms with Crippen LogP contribution in [0.25, 0.3) is 0 Å². The van der Waals surface area contributed by atoms with E-state index in [1.165, 1.54) is 55.7 Å². The van der Waals surface area contributed by atoms with Crippen molar-refractivity contribution in [1.29, 1.82) is 0 Å². The summed E-state index contributed by atoms with van der Waals surface area (Å²) in [7, 11) is -14.1. The van der Waals surface area contributed by atoms with Crippen LogP contribution >= 0.6 is 32.2 Å². The van der Waals surface area contributed by atoms with Gasteiger partial charge in [0.05, 0.1) is 36.1 Å². The van der Waals surface area contributed by atoms with Crippen molar-refractivity contribution in [3.63, 3.8) is 0 Å². The number of carbonyl (C=O) groups excluding carboxylic acids is 6. The third kappa shape index (κ3) is 19.8. The number of carbonyl (C=O) groups is 6. The van der Waals surface area contributed by atoms with Gasteiger partial charge in [0.15, 0.2) is 14.0 Å². The number of rotatable bonds is 28. The second kappa shape index (κ2) is 32.8. The molecule has 4 saturated heterocycles. The second-order valence-corrected chi connectivity index (χ2v) is 34.0. The largest absolute Gasteiger partial charge is 0.646 e. The molecule has 8 rings (SSSR count). The van der Waals surface area contributed by atoms with Gasteiger partial charge in [-0.05, 0) is 70.6 Å². The van der Waals surface area contributed by atoms with Gasteiger partial charge < -0.3 is 56.8 Å². The van der Waals surface area contributed by atoms with Crippen molar-refractivity contribution in [3.05, 3.63) is 133 Å². The first-order chi connectivity index (χ1) is 43.7. The number of thiol groups is 1.